The van der Waals surface area contributed by atoms with Gasteiger partial charge in [-0.05, 0) is 99.5 Å². The molecule has 0 unspecified atom stereocenters. The quantitative estimate of drug-likeness (QED) is 0.261. The molecule has 1 aromatic rings. The van der Waals surface area contributed by atoms with Crippen LogP contribution in [0.3, 0.4) is 0 Å². The molecule has 1 aliphatic heterocycles. The fourth-order valence-electron chi connectivity index (χ4n) is 6.60. The number of nitrogens with one attached hydrogen (secondary N) is 2. The standard InChI is InChI=1S/C27H36FN3O2.CH2O2/c28-20-7-5-19(6-8-20)11-15-30-26(33)24-22-10-9-21(27(22)12-13-27)23(24)25(32)29-14-1-2-16-31-17-3-4-18-31;2-1-3/h5-10,21-24H,1-4,11-18H2,(H,29,32)(H,30,33);1H,(H,2,3)/t21-,22+,23-,24-;/m1./s1. The minimum atomic E-state index is -0.277. The molecule has 196 valence electrons. The molecule has 2 bridgehead atoms. The topological polar surface area (TPSA) is 98.7 Å². The van der Waals surface area contributed by atoms with E-state index in [1.807, 2.05) is 0 Å². The maximum atomic E-state index is 13.2. The molecule has 0 aromatic heterocycles. The number of hydrogen-bond donors (Lipinski definition) is 3. The number of allylic oxidation sites excluding steroid dienone is 2. The van der Waals surface area contributed by atoms with Gasteiger partial charge < -0.3 is 20.6 Å². The number of halogens is 1. The monoisotopic (exact) mass is 499 g/mol. The molecule has 2 amide bonds. The van der Waals surface area contributed by atoms with Crippen LogP contribution in [-0.2, 0) is 20.8 Å². The minimum absolute atomic E-state index is 0.00517. The van der Waals surface area contributed by atoms with Crippen molar-refractivity contribution < 1.29 is 23.9 Å². The molecule has 8 heteroatoms. The summed E-state index contributed by atoms with van der Waals surface area (Å²) in [6, 6.07) is 6.39. The van der Waals surface area contributed by atoms with E-state index < -0.39 is 0 Å². The van der Waals surface area contributed by atoms with Crippen LogP contribution in [-0.4, -0.2) is 61.0 Å². The summed E-state index contributed by atoms with van der Waals surface area (Å²) in [7, 11) is 0. The fraction of sp³-hybridized carbons (Fsp3) is 0.607. The number of likely N-dealkylation sites (tertiary alicyclic amines) is 1. The molecule has 4 aliphatic rings. The van der Waals surface area contributed by atoms with Gasteiger partial charge in [-0.2, -0.15) is 0 Å². The van der Waals surface area contributed by atoms with Gasteiger partial charge in [0.05, 0.1) is 11.8 Å². The summed E-state index contributed by atoms with van der Waals surface area (Å²) in [6.07, 6.45) is 12.0. The Balaban J connectivity index is 0.000000967. The average molecular weight is 500 g/mol. The first-order valence-electron chi connectivity index (χ1n) is 13.3. The van der Waals surface area contributed by atoms with E-state index in [2.05, 4.69) is 27.7 Å². The van der Waals surface area contributed by atoms with Gasteiger partial charge in [0.15, 0.2) is 0 Å². The van der Waals surface area contributed by atoms with Crippen molar-refractivity contribution in [2.45, 2.75) is 44.9 Å². The lowest BCUT2D eigenvalue weighted by Gasteiger charge is -2.26. The van der Waals surface area contributed by atoms with Crippen LogP contribution in [0, 0.1) is 34.9 Å². The fourth-order valence-corrected chi connectivity index (χ4v) is 6.60. The second kappa shape index (κ2) is 12.0. The van der Waals surface area contributed by atoms with Gasteiger partial charge in [-0.25, -0.2) is 4.39 Å². The molecule has 1 spiro atoms. The summed E-state index contributed by atoms with van der Waals surface area (Å²) < 4.78 is 13.1. The van der Waals surface area contributed by atoms with E-state index in [1.54, 1.807) is 12.1 Å². The van der Waals surface area contributed by atoms with E-state index in [9.17, 15) is 14.0 Å². The zero-order chi connectivity index (χ0) is 25.5. The number of rotatable bonds is 10. The summed E-state index contributed by atoms with van der Waals surface area (Å²) in [5.74, 6) is -0.366. The second-order valence-corrected chi connectivity index (χ2v) is 10.5. The highest BCUT2D eigenvalue weighted by Gasteiger charge is 2.69. The van der Waals surface area contributed by atoms with Crippen LogP contribution in [0.5, 0.6) is 0 Å². The minimum Gasteiger partial charge on any atom is -0.483 e. The van der Waals surface area contributed by atoms with E-state index in [-0.39, 0.29) is 53.2 Å². The number of nitrogens with zero attached hydrogens (tertiary/aromatic N) is 1. The SMILES string of the molecule is O=C(NCCCCN1CCCC1)[C@H]1[C@H](C(=O)NCCc2ccc(F)cc2)[C@@H]2C=C[C@H]1C21CC1.O=CO. The maximum Gasteiger partial charge on any atom is 0.290 e. The molecule has 1 aromatic carbocycles. The predicted octanol–water partition coefficient (Wildman–Crippen LogP) is 3.01. The first-order valence-corrected chi connectivity index (χ1v) is 13.3. The summed E-state index contributed by atoms with van der Waals surface area (Å²) >= 11 is 0. The Hall–Kier alpha value is -2.74. The Morgan fingerprint density at radius 3 is 2.08 bits per heavy atom. The summed E-state index contributed by atoms with van der Waals surface area (Å²) in [5.41, 5.74) is 1.14. The van der Waals surface area contributed by atoms with Crippen LogP contribution in [0.4, 0.5) is 4.39 Å². The van der Waals surface area contributed by atoms with Gasteiger partial charge in [0.25, 0.3) is 6.47 Å². The van der Waals surface area contributed by atoms with Crippen molar-refractivity contribution in [1.82, 2.24) is 15.5 Å². The molecular formula is C28H38FN3O4. The first-order chi connectivity index (χ1) is 17.5. The smallest absolute Gasteiger partial charge is 0.290 e. The summed E-state index contributed by atoms with van der Waals surface area (Å²) in [4.78, 5) is 37.4. The third-order valence-electron chi connectivity index (χ3n) is 8.47. The normalized spacial score (nSPS) is 26.9. The predicted molar refractivity (Wildman–Crippen MR) is 134 cm³/mol. The van der Waals surface area contributed by atoms with Crippen LogP contribution in [0.2, 0.25) is 0 Å². The lowest BCUT2D eigenvalue weighted by molar-refractivity contribution is -0.135. The van der Waals surface area contributed by atoms with Crippen molar-refractivity contribution in [3.05, 3.63) is 47.8 Å². The van der Waals surface area contributed by atoms with Gasteiger partial charge in [0, 0.05) is 13.1 Å². The molecule has 0 radical (unpaired) electrons. The Bertz CT molecular complexity index is 941. The third kappa shape index (κ3) is 5.80. The Morgan fingerprint density at radius 1 is 0.972 bits per heavy atom. The number of unbranched alkanes of at least 4 members (excludes halogenated alkanes) is 1. The Labute approximate surface area is 212 Å². The van der Waals surface area contributed by atoms with E-state index in [4.69, 9.17) is 9.90 Å². The van der Waals surface area contributed by atoms with Crippen molar-refractivity contribution in [1.29, 1.82) is 0 Å². The number of carboxylic acid groups (broad SMARTS) is 1. The molecule has 3 aliphatic carbocycles. The number of carbonyl (C=O) groups is 3. The lowest BCUT2D eigenvalue weighted by atomic mass is 9.81. The molecule has 1 heterocycles. The van der Waals surface area contributed by atoms with Gasteiger partial charge in [0.2, 0.25) is 11.8 Å². The number of hydrogen-bond acceptors (Lipinski definition) is 4. The molecular weight excluding hydrogens is 461 g/mol. The van der Waals surface area contributed by atoms with E-state index >= 15 is 0 Å². The molecule has 7 nitrogen and oxygen atoms in total. The van der Waals surface area contributed by atoms with Gasteiger partial charge in [-0.15, -0.1) is 0 Å². The zero-order valence-corrected chi connectivity index (χ0v) is 20.8. The van der Waals surface area contributed by atoms with Crippen LogP contribution in [0.25, 0.3) is 0 Å². The zero-order valence-electron chi connectivity index (χ0n) is 20.8. The number of carbonyl (C=O) groups excluding carboxylic acids is 2. The molecule has 3 N–H and O–H groups in total. The van der Waals surface area contributed by atoms with Crippen LogP contribution < -0.4 is 10.6 Å². The van der Waals surface area contributed by atoms with Gasteiger partial charge in [-0.3, -0.25) is 14.4 Å². The highest BCUT2D eigenvalue weighted by Crippen LogP contribution is 2.72. The second-order valence-electron chi connectivity index (χ2n) is 10.5. The molecule has 36 heavy (non-hydrogen) atoms. The van der Waals surface area contributed by atoms with Gasteiger partial charge in [0.1, 0.15) is 5.82 Å². The molecule has 5 rings (SSSR count). The van der Waals surface area contributed by atoms with Crippen LogP contribution in [0.1, 0.15) is 44.1 Å². The van der Waals surface area contributed by atoms with Crippen molar-refractivity contribution in [3.63, 3.8) is 0 Å². The maximum absolute atomic E-state index is 13.2. The lowest BCUT2D eigenvalue weighted by Crippen LogP contribution is -2.44. The molecule has 3 fully saturated rings. The van der Waals surface area contributed by atoms with E-state index in [0.29, 0.717) is 19.5 Å². The van der Waals surface area contributed by atoms with Crippen LogP contribution in [0.15, 0.2) is 36.4 Å². The van der Waals surface area contributed by atoms with Crippen molar-refractivity contribution in [2.75, 3.05) is 32.7 Å². The van der Waals surface area contributed by atoms with E-state index in [0.717, 1.165) is 37.8 Å². The average Bonchev–Trinajstić information content (AvgIpc) is 3.23. The highest BCUT2D eigenvalue weighted by molar-refractivity contribution is 5.90. The third-order valence-corrected chi connectivity index (χ3v) is 8.47. The largest absolute Gasteiger partial charge is 0.483 e. The Morgan fingerprint density at radius 2 is 1.53 bits per heavy atom. The van der Waals surface area contributed by atoms with Crippen molar-refractivity contribution >= 4 is 18.3 Å². The summed E-state index contributed by atoms with van der Waals surface area (Å²) in [6.45, 7) is 4.48. The molecule has 1 saturated heterocycles. The van der Waals surface area contributed by atoms with E-state index in [1.165, 1.54) is 38.1 Å². The van der Waals surface area contributed by atoms with Gasteiger partial charge >= 0.3 is 0 Å². The first kappa shape index (κ1) is 26.3. The summed E-state index contributed by atoms with van der Waals surface area (Å²) in [5, 5.41) is 13.1. The Kier molecular flexibility index (Phi) is 8.77. The molecule has 4 atom stereocenters. The number of benzene rings is 1. The highest BCUT2D eigenvalue weighted by atomic mass is 19.1. The number of amides is 2. The van der Waals surface area contributed by atoms with Crippen LogP contribution >= 0.6 is 0 Å². The van der Waals surface area contributed by atoms with Crippen molar-refractivity contribution in [2.24, 2.45) is 29.1 Å². The molecule has 2 saturated carbocycles. The van der Waals surface area contributed by atoms with Crippen molar-refractivity contribution in [3.8, 4) is 0 Å². The van der Waals surface area contributed by atoms with Gasteiger partial charge in [-0.1, -0.05) is 24.3 Å².